The predicted molar refractivity (Wildman–Crippen MR) is 93.3 cm³/mol. The van der Waals surface area contributed by atoms with Crippen LogP contribution in [0.4, 0.5) is 5.69 Å². The van der Waals surface area contributed by atoms with Gasteiger partial charge in [0.25, 0.3) is 0 Å². The Labute approximate surface area is 134 Å². The lowest BCUT2D eigenvalue weighted by molar-refractivity contribution is 0.414. The van der Waals surface area contributed by atoms with Gasteiger partial charge in [-0.25, -0.2) is 0 Å². The van der Waals surface area contributed by atoms with Gasteiger partial charge < -0.3 is 10.5 Å². The Hall–Kier alpha value is -3.15. The third kappa shape index (κ3) is 3.55. The van der Waals surface area contributed by atoms with Crippen LogP contribution in [-0.4, -0.2) is 24.4 Å². The molecule has 23 heavy (non-hydrogen) atoms. The van der Waals surface area contributed by atoms with Gasteiger partial charge >= 0.3 is 0 Å². The highest BCUT2D eigenvalue weighted by Crippen LogP contribution is 2.14. The fourth-order valence-corrected chi connectivity index (χ4v) is 2.17. The van der Waals surface area contributed by atoms with Crippen LogP contribution in [0.3, 0.4) is 0 Å². The number of hydrazone groups is 1. The monoisotopic (exact) mass is 307 g/mol. The van der Waals surface area contributed by atoms with Crippen LogP contribution in [0.15, 0.2) is 69.9 Å². The van der Waals surface area contributed by atoms with Crippen molar-refractivity contribution in [1.82, 2.24) is 0 Å². The standard InChI is InChI=1S/C17H17N5O/c1-23-14-9-7-12(8-10-14)11-15-16(17(18)22-20-15)21-19-13-5-3-2-4-6-13/h2-10,19H,11H2,1H3,(H2,18,21,22). The molecule has 0 amide bonds. The van der Waals surface area contributed by atoms with E-state index in [0.717, 1.165) is 22.7 Å². The molecule has 3 rings (SSSR count). The van der Waals surface area contributed by atoms with Crippen LogP contribution < -0.4 is 15.9 Å². The molecule has 0 radical (unpaired) electrons. The number of anilines is 1. The topological polar surface area (TPSA) is 84.4 Å². The van der Waals surface area contributed by atoms with E-state index < -0.39 is 0 Å². The second kappa shape index (κ2) is 6.74. The van der Waals surface area contributed by atoms with E-state index >= 15 is 0 Å². The molecule has 0 bridgehead atoms. The van der Waals surface area contributed by atoms with Crippen LogP contribution >= 0.6 is 0 Å². The number of para-hydroxylation sites is 1. The molecule has 0 fully saturated rings. The zero-order valence-electron chi connectivity index (χ0n) is 12.7. The highest BCUT2D eigenvalue weighted by molar-refractivity contribution is 6.69. The zero-order valence-corrected chi connectivity index (χ0v) is 12.7. The second-order valence-electron chi connectivity index (χ2n) is 5.00. The maximum absolute atomic E-state index is 5.88. The van der Waals surface area contributed by atoms with E-state index in [4.69, 9.17) is 10.5 Å². The molecule has 0 saturated carbocycles. The van der Waals surface area contributed by atoms with Crippen LogP contribution in [0.5, 0.6) is 5.75 Å². The number of nitrogens with zero attached hydrogens (tertiary/aromatic N) is 3. The van der Waals surface area contributed by atoms with E-state index in [1.165, 1.54) is 0 Å². The van der Waals surface area contributed by atoms with Crippen molar-refractivity contribution in [3.63, 3.8) is 0 Å². The van der Waals surface area contributed by atoms with Gasteiger partial charge in [-0.3, -0.25) is 5.43 Å². The summed E-state index contributed by atoms with van der Waals surface area (Å²) in [6.45, 7) is 0. The summed E-state index contributed by atoms with van der Waals surface area (Å²) in [6, 6.07) is 17.4. The summed E-state index contributed by atoms with van der Waals surface area (Å²) < 4.78 is 5.16. The van der Waals surface area contributed by atoms with Gasteiger partial charge in [-0.05, 0) is 29.8 Å². The number of nitrogens with two attached hydrogens (primary N) is 1. The summed E-state index contributed by atoms with van der Waals surface area (Å²) >= 11 is 0. The van der Waals surface area contributed by atoms with E-state index in [9.17, 15) is 0 Å². The van der Waals surface area contributed by atoms with Gasteiger partial charge in [0.05, 0.1) is 18.5 Å². The number of hydrogen-bond donors (Lipinski definition) is 2. The minimum Gasteiger partial charge on any atom is -0.497 e. The van der Waals surface area contributed by atoms with Crippen LogP contribution in [0.1, 0.15) is 5.56 Å². The number of benzene rings is 2. The molecule has 6 nitrogen and oxygen atoms in total. The van der Waals surface area contributed by atoms with Gasteiger partial charge in [-0.15, -0.1) is 5.10 Å². The first-order valence-corrected chi connectivity index (χ1v) is 7.18. The Morgan fingerprint density at radius 2 is 1.78 bits per heavy atom. The smallest absolute Gasteiger partial charge is 0.175 e. The normalized spacial score (nSPS) is 15.3. The minimum atomic E-state index is 0.317. The fraction of sp³-hybridized carbons (Fsp3) is 0.118. The van der Waals surface area contributed by atoms with Gasteiger partial charge in [-0.1, -0.05) is 30.3 Å². The summed E-state index contributed by atoms with van der Waals surface area (Å²) in [6.07, 6.45) is 0.601. The van der Waals surface area contributed by atoms with Crippen molar-refractivity contribution in [1.29, 1.82) is 0 Å². The van der Waals surface area contributed by atoms with Crippen LogP contribution in [0.2, 0.25) is 0 Å². The molecule has 0 unspecified atom stereocenters. The van der Waals surface area contributed by atoms with Gasteiger partial charge in [-0.2, -0.15) is 10.2 Å². The Bertz CT molecular complexity index is 763. The molecule has 0 spiro atoms. The number of amidine groups is 1. The molecule has 1 heterocycles. The van der Waals surface area contributed by atoms with Crippen LogP contribution in [0, 0.1) is 0 Å². The zero-order chi connectivity index (χ0) is 16.1. The summed E-state index contributed by atoms with van der Waals surface area (Å²) in [7, 11) is 1.64. The molecule has 2 aromatic carbocycles. The molecule has 6 heteroatoms. The molecule has 0 aromatic heterocycles. The lowest BCUT2D eigenvalue weighted by Gasteiger charge is -2.06. The maximum atomic E-state index is 5.88. The highest BCUT2D eigenvalue weighted by Gasteiger charge is 2.20. The van der Waals surface area contributed by atoms with Gasteiger partial charge in [0.15, 0.2) is 11.5 Å². The summed E-state index contributed by atoms with van der Waals surface area (Å²) in [4.78, 5) is 0. The molecule has 0 aliphatic carbocycles. The molecule has 0 saturated heterocycles. The van der Waals surface area contributed by atoms with Crippen molar-refractivity contribution in [2.75, 3.05) is 12.5 Å². The van der Waals surface area contributed by atoms with E-state index in [2.05, 4.69) is 20.7 Å². The number of hydrogen-bond acceptors (Lipinski definition) is 6. The summed E-state index contributed by atoms with van der Waals surface area (Å²) in [5, 5.41) is 12.4. The molecule has 3 N–H and O–H groups in total. The first-order chi connectivity index (χ1) is 11.3. The molecular weight excluding hydrogens is 290 g/mol. The fourth-order valence-electron chi connectivity index (χ4n) is 2.17. The maximum Gasteiger partial charge on any atom is 0.175 e. The second-order valence-corrected chi connectivity index (χ2v) is 5.00. The number of ether oxygens (including phenoxy) is 1. The Balaban J connectivity index is 1.73. The molecular formula is C17H17N5O. The van der Waals surface area contributed by atoms with Crippen molar-refractivity contribution in [3.05, 3.63) is 60.2 Å². The summed E-state index contributed by atoms with van der Waals surface area (Å²) in [5.74, 6) is 1.13. The van der Waals surface area contributed by atoms with E-state index in [1.807, 2.05) is 54.6 Å². The van der Waals surface area contributed by atoms with Crippen molar-refractivity contribution < 1.29 is 4.74 Å². The molecule has 1 aliphatic rings. The Kier molecular flexibility index (Phi) is 4.33. The largest absolute Gasteiger partial charge is 0.497 e. The summed E-state index contributed by atoms with van der Waals surface area (Å²) in [5.41, 5.74) is 12.1. The van der Waals surface area contributed by atoms with Crippen molar-refractivity contribution in [3.8, 4) is 5.75 Å². The average molecular weight is 307 g/mol. The Morgan fingerprint density at radius 3 is 2.48 bits per heavy atom. The van der Waals surface area contributed by atoms with Crippen LogP contribution in [-0.2, 0) is 6.42 Å². The van der Waals surface area contributed by atoms with E-state index in [-0.39, 0.29) is 0 Å². The highest BCUT2D eigenvalue weighted by atomic mass is 16.5. The molecule has 1 aliphatic heterocycles. The van der Waals surface area contributed by atoms with Gasteiger partial charge in [0.2, 0.25) is 0 Å². The predicted octanol–water partition coefficient (Wildman–Crippen LogP) is 2.43. The van der Waals surface area contributed by atoms with Gasteiger partial charge in [0.1, 0.15) is 5.75 Å². The lowest BCUT2D eigenvalue weighted by Crippen LogP contribution is -2.29. The lowest BCUT2D eigenvalue weighted by atomic mass is 10.1. The van der Waals surface area contributed by atoms with Crippen molar-refractivity contribution in [2.24, 2.45) is 21.0 Å². The quantitative estimate of drug-likeness (QED) is 0.832. The van der Waals surface area contributed by atoms with Crippen LogP contribution in [0.25, 0.3) is 0 Å². The van der Waals surface area contributed by atoms with E-state index in [1.54, 1.807) is 7.11 Å². The number of rotatable bonds is 5. The minimum absolute atomic E-state index is 0.317. The van der Waals surface area contributed by atoms with Crippen molar-refractivity contribution in [2.45, 2.75) is 6.42 Å². The SMILES string of the molecule is COc1ccc(CC2=NN=C(N)/C2=N/Nc2ccccc2)cc1. The average Bonchev–Trinajstić information content (AvgIpc) is 2.94. The van der Waals surface area contributed by atoms with E-state index in [0.29, 0.717) is 18.0 Å². The van der Waals surface area contributed by atoms with Crippen molar-refractivity contribution >= 4 is 22.9 Å². The first kappa shape index (κ1) is 14.8. The third-order valence-corrected chi connectivity index (χ3v) is 3.40. The molecule has 116 valence electrons. The number of nitrogens with one attached hydrogen (secondary N) is 1. The molecule has 0 atom stereocenters. The third-order valence-electron chi connectivity index (χ3n) is 3.40. The molecule has 2 aromatic rings. The number of methoxy groups -OCH3 is 1. The Morgan fingerprint density at radius 1 is 1.04 bits per heavy atom. The van der Waals surface area contributed by atoms with Gasteiger partial charge in [0, 0.05) is 6.42 Å². The first-order valence-electron chi connectivity index (χ1n) is 7.18.